The first kappa shape index (κ1) is 14.0. The minimum Gasteiger partial charge on any atom is -0.283 e. The Balaban J connectivity index is 3.17. The Morgan fingerprint density at radius 3 is 2.11 bits per heavy atom. The Kier molecular flexibility index (Phi) is 3.64. The Bertz CT molecular complexity index is 643. The molecule has 0 aliphatic rings. The maximum Gasteiger partial charge on any atom is 0.237 e. The molecule has 0 fully saturated rings. The van der Waals surface area contributed by atoms with E-state index >= 15 is 0 Å². The van der Waals surface area contributed by atoms with Gasteiger partial charge in [-0.05, 0) is 39.0 Å². The molecule has 0 radical (unpaired) electrons. The molecule has 1 aromatic rings. The largest absolute Gasteiger partial charge is 0.283 e. The lowest BCUT2D eigenvalue weighted by Gasteiger charge is -2.20. The van der Waals surface area contributed by atoms with Crippen LogP contribution in [0.1, 0.15) is 31.9 Å². The van der Waals surface area contributed by atoms with Gasteiger partial charge in [0, 0.05) is 5.69 Å². The van der Waals surface area contributed by atoms with Crippen LogP contribution in [0.5, 0.6) is 0 Å². The van der Waals surface area contributed by atoms with Crippen LogP contribution < -0.4 is 4.72 Å². The predicted octanol–water partition coefficient (Wildman–Crippen LogP) is 1.97. The van der Waals surface area contributed by atoms with E-state index in [1.54, 1.807) is 20.8 Å². The summed E-state index contributed by atoms with van der Waals surface area (Å²) in [5, 5.41) is 17.6. The van der Waals surface area contributed by atoms with Crippen LogP contribution in [0.3, 0.4) is 0 Å². The quantitative estimate of drug-likeness (QED) is 0.882. The molecule has 0 saturated heterocycles. The van der Waals surface area contributed by atoms with Crippen LogP contribution in [0.4, 0.5) is 5.69 Å². The summed E-state index contributed by atoms with van der Waals surface area (Å²) < 4.78 is 25.3. The molecule has 0 aromatic heterocycles. The summed E-state index contributed by atoms with van der Waals surface area (Å²) in [5.41, 5.74) is 0.642. The van der Waals surface area contributed by atoms with Gasteiger partial charge in [-0.3, -0.25) is 4.72 Å². The maximum absolute atomic E-state index is 11.9. The zero-order valence-corrected chi connectivity index (χ0v) is 11.2. The second kappa shape index (κ2) is 4.67. The highest BCUT2D eigenvalue weighted by atomic mass is 32.2. The minimum atomic E-state index is -3.54. The smallest absolute Gasteiger partial charge is 0.237 e. The Morgan fingerprint density at radius 1 is 1.11 bits per heavy atom. The molecule has 1 aromatic carbocycles. The summed E-state index contributed by atoms with van der Waals surface area (Å²) in [4.78, 5) is 0. The van der Waals surface area contributed by atoms with Crippen molar-refractivity contribution in [2.75, 3.05) is 4.72 Å². The number of hydrogen-bond acceptors (Lipinski definition) is 4. The normalized spacial score (nSPS) is 11.4. The zero-order valence-electron chi connectivity index (χ0n) is 10.4. The second-order valence-electron chi connectivity index (χ2n) is 4.70. The van der Waals surface area contributed by atoms with E-state index in [0.29, 0.717) is 0 Å². The van der Waals surface area contributed by atoms with Gasteiger partial charge in [0.2, 0.25) is 10.0 Å². The third kappa shape index (κ3) is 2.79. The molecule has 0 bridgehead atoms. The summed E-state index contributed by atoms with van der Waals surface area (Å²) in [6.07, 6.45) is 0. The van der Waals surface area contributed by atoms with Crippen molar-refractivity contribution in [3.05, 3.63) is 29.3 Å². The number of benzene rings is 1. The molecule has 0 unspecified atom stereocenters. The van der Waals surface area contributed by atoms with E-state index in [0.717, 1.165) is 0 Å². The Labute approximate surface area is 107 Å². The molecule has 18 heavy (non-hydrogen) atoms. The minimum absolute atomic E-state index is 0.145. The molecule has 0 spiro atoms. The molecule has 0 atom stereocenters. The molecule has 0 saturated carbocycles. The average Bonchev–Trinajstić information content (AvgIpc) is 2.26. The highest BCUT2D eigenvalue weighted by Gasteiger charge is 2.28. The van der Waals surface area contributed by atoms with Crippen molar-refractivity contribution in [2.45, 2.75) is 25.5 Å². The number of hydrogen-bond donors (Lipinski definition) is 1. The lowest BCUT2D eigenvalue weighted by atomic mass is 10.1. The molecular formula is C12H13N3O2S. The third-order valence-electron chi connectivity index (χ3n) is 2.32. The van der Waals surface area contributed by atoms with Crippen molar-refractivity contribution in [3.63, 3.8) is 0 Å². The van der Waals surface area contributed by atoms with Crippen LogP contribution in [0.15, 0.2) is 18.2 Å². The fourth-order valence-electron chi connectivity index (χ4n) is 1.11. The van der Waals surface area contributed by atoms with Crippen molar-refractivity contribution in [2.24, 2.45) is 0 Å². The van der Waals surface area contributed by atoms with Crippen molar-refractivity contribution >= 4 is 15.7 Å². The number of nitrogens with one attached hydrogen (secondary N) is 1. The Hall–Kier alpha value is -2.05. The molecule has 94 valence electrons. The summed E-state index contributed by atoms with van der Waals surface area (Å²) >= 11 is 0. The lowest BCUT2D eigenvalue weighted by Crippen LogP contribution is -2.33. The maximum atomic E-state index is 11.9. The summed E-state index contributed by atoms with van der Waals surface area (Å²) in [7, 11) is -3.54. The number of rotatable bonds is 2. The fraction of sp³-hybridized carbons (Fsp3) is 0.333. The van der Waals surface area contributed by atoms with Gasteiger partial charge in [-0.25, -0.2) is 8.42 Å². The topological polar surface area (TPSA) is 93.8 Å². The van der Waals surface area contributed by atoms with Gasteiger partial charge in [-0.1, -0.05) is 0 Å². The lowest BCUT2D eigenvalue weighted by molar-refractivity contribution is 0.566. The number of nitriles is 2. The van der Waals surface area contributed by atoms with Crippen LogP contribution in [-0.2, 0) is 10.0 Å². The SMILES string of the molecule is CC(C)(C)S(=O)(=O)Nc1ccc(C#N)c(C#N)c1. The average molecular weight is 263 g/mol. The second-order valence-corrected chi connectivity index (χ2v) is 7.14. The van der Waals surface area contributed by atoms with E-state index in [1.807, 2.05) is 12.1 Å². The van der Waals surface area contributed by atoms with Crippen LogP contribution >= 0.6 is 0 Å². The molecule has 5 nitrogen and oxygen atoms in total. The van der Waals surface area contributed by atoms with E-state index in [1.165, 1.54) is 18.2 Å². The van der Waals surface area contributed by atoms with Crippen molar-refractivity contribution in [1.29, 1.82) is 10.5 Å². The van der Waals surface area contributed by atoms with Gasteiger partial charge in [-0.15, -0.1) is 0 Å². The van der Waals surface area contributed by atoms with Crippen molar-refractivity contribution in [3.8, 4) is 12.1 Å². The van der Waals surface area contributed by atoms with Gasteiger partial charge in [0.25, 0.3) is 0 Å². The van der Waals surface area contributed by atoms with Crippen LogP contribution in [0.2, 0.25) is 0 Å². The summed E-state index contributed by atoms with van der Waals surface area (Å²) in [5.74, 6) is 0. The van der Waals surface area contributed by atoms with Gasteiger partial charge in [0.05, 0.1) is 15.9 Å². The number of nitrogens with zero attached hydrogens (tertiary/aromatic N) is 2. The van der Waals surface area contributed by atoms with Gasteiger partial charge >= 0.3 is 0 Å². The van der Waals surface area contributed by atoms with Gasteiger partial charge in [0.15, 0.2) is 0 Å². The first-order valence-electron chi connectivity index (χ1n) is 5.18. The summed E-state index contributed by atoms with van der Waals surface area (Å²) in [6, 6.07) is 7.95. The molecule has 1 N–H and O–H groups in total. The highest BCUT2D eigenvalue weighted by Crippen LogP contribution is 2.21. The zero-order chi connectivity index (χ0) is 14.0. The molecular weight excluding hydrogens is 250 g/mol. The number of anilines is 1. The van der Waals surface area contributed by atoms with Crippen molar-refractivity contribution < 1.29 is 8.42 Å². The van der Waals surface area contributed by atoms with Crippen LogP contribution in [-0.4, -0.2) is 13.2 Å². The van der Waals surface area contributed by atoms with E-state index in [-0.39, 0.29) is 16.8 Å². The van der Waals surface area contributed by atoms with Gasteiger partial charge in [-0.2, -0.15) is 10.5 Å². The first-order valence-corrected chi connectivity index (χ1v) is 6.66. The van der Waals surface area contributed by atoms with E-state index < -0.39 is 14.8 Å². The monoisotopic (exact) mass is 263 g/mol. The van der Waals surface area contributed by atoms with Crippen molar-refractivity contribution in [1.82, 2.24) is 0 Å². The Morgan fingerprint density at radius 2 is 1.67 bits per heavy atom. The predicted molar refractivity (Wildman–Crippen MR) is 68.2 cm³/mol. The van der Waals surface area contributed by atoms with Gasteiger partial charge in [0.1, 0.15) is 12.1 Å². The molecule has 0 heterocycles. The molecule has 0 aliphatic heterocycles. The molecule has 1 rings (SSSR count). The fourth-order valence-corrected chi connectivity index (χ4v) is 1.85. The first-order chi connectivity index (χ1) is 8.21. The molecule has 0 aliphatic carbocycles. The summed E-state index contributed by atoms with van der Waals surface area (Å²) in [6.45, 7) is 4.72. The molecule has 6 heteroatoms. The number of sulfonamides is 1. The highest BCUT2D eigenvalue weighted by molar-refractivity contribution is 7.94. The third-order valence-corrected chi connectivity index (χ3v) is 4.44. The van der Waals surface area contributed by atoms with E-state index in [4.69, 9.17) is 10.5 Å². The van der Waals surface area contributed by atoms with Crippen LogP contribution in [0, 0.1) is 22.7 Å². The van der Waals surface area contributed by atoms with Gasteiger partial charge < -0.3 is 0 Å². The van der Waals surface area contributed by atoms with E-state index in [2.05, 4.69) is 4.72 Å². The molecule has 0 amide bonds. The van der Waals surface area contributed by atoms with E-state index in [9.17, 15) is 8.42 Å². The van der Waals surface area contributed by atoms with Crippen LogP contribution in [0.25, 0.3) is 0 Å². The standard InChI is InChI=1S/C12H13N3O2S/c1-12(2,3)18(16,17)15-11-5-4-9(7-13)10(6-11)8-14/h4-6,15H,1-3H3.